The van der Waals surface area contributed by atoms with Crippen LogP contribution in [0.5, 0.6) is 0 Å². The molecular weight excluding hydrogens is 438 g/mol. The van der Waals surface area contributed by atoms with Crippen LogP contribution in [0.25, 0.3) is 0 Å². The topological polar surface area (TPSA) is 47.6 Å². The van der Waals surface area contributed by atoms with Gasteiger partial charge in [-0.3, -0.25) is 9.63 Å². The second-order valence-electron chi connectivity index (χ2n) is 9.88. The Bertz CT molecular complexity index is 1040. The molecule has 0 bridgehead atoms. The number of rotatable bonds is 9. The zero-order valence-electron chi connectivity index (χ0n) is 20.7. The molecule has 0 aliphatic rings. The molecule has 0 unspecified atom stereocenters. The Balaban J connectivity index is 1.76. The summed E-state index contributed by atoms with van der Waals surface area (Å²) in [6, 6.07) is 30.1. The predicted molar refractivity (Wildman–Crippen MR) is 142 cm³/mol. The summed E-state index contributed by atoms with van der Waals surface area (Å²) in [6.45, 7) is 11.0. The molecular formula is C29H35NO3Si. The first-order valence-corrected chi connectivity index (χ1v) is 13.5. The van der Waals surface area contributed by atoms with Gasteiger partial charge < -0.3 is 4.43 Å². The largest absolute Gasteiger partial charge is 0.404 e. The number of carbonyl (C=O) groups is 1. The molecule has 3 aromatic rings. The summed E-state index contributed by atoms with van der Waals surface area (Å²) in [5.41, 5.74) is 2.41. The smallest absolute Gasteiger partial charge is 0.274 e. The Kier molecular flexibility index (Phi) is 8.26. The van der Waals surface area contributed by atoms with E-state index < -0.39 is 13.9 Å². The van der Waals surface area contributed by atoms with Gasteiger partial charge in [-0.1, -0.05) is 112 Å². The maximum atomic E-state index is 12.3. The van der Waals surface area contributed by atoms with E-state index in [2.05, 4.69) is 74.8 Å². The van der Waals surface area contributed by atoms with Crippen molar-refractivity contribution in [2.24, 2.45) is 0 Å². The Hall–Kier alpha value is -2.99. The van der Waals surface area contributed by atoms with E-state index in [1.54, 1.807) is 12.1 Å². The molecule has 1 amide bonds. The Morgan fingerprint density at radius 1 is 0.794 bits per heavy atom. The molecule has 178 valence electrons. The van der Waals surface area contributed by atoms with Crippen LogP contribution in [0.2, 0.25) is 5.04 Å². The second kappa shape index (κ2) is 11.0. The van der Waals surface area contributed by atoms with Gasteiger partial charge in [0.15, 0.2) is 0 Å². The number of hydrogen-bond acceptors (Lipinski definition) is 3. The van der Waals surface area contributed by atoms with Crippen LogP contribution in [0.15, 0.2) is 103 Å². The van der Waals surface area contributed by atoms with Gasteiger partial charge in [0, 0.05) is 5.56 Å². The van der Waals surface area contributed by atoms with Crippen LogP contribution < -0.4 is 15.9 Å². The van der Waals surface area contributed by atoms with Gasteiger partial charge >= 0.3 is 0 Å². The minimum absolute atomic E-state index is 0.0841. The molecule has 0 aliphatic heterocycles. The van der Waals surface area contributed by atoms with Gasteiger partial charge in [0.1, 0.15) is 5.60 Å². The Labute approximate surface area is 204 Å². The summed E-state index contributed by atoms with van der Waals surface area (Å²) >= 11 is 0. The van der Waals surface area contributed by atoms with Gasteiger partial charge in [-0.2, -0.15) is 0 Å². The molecule has 4 nitrogen and oxygen atoms in total. The fourth-order valence-corrected chi connectivity index (χ4v) is 8.63. The van der Waals surface area contributed by atoms with Crippen LogP contribution in [0.3, 0.4) is 0 Å². The van der Waals surface area contributed by atoms with Crippen molar-refractivity contribution in [2.45, 2.75) is 45.3 Å². The number of nitrogens with one attached hydrogen (secondary N) is 1. The minimum Gasteiger partial charge on any atom is -0.404 e. The van der Waals surface area contributed by atoms with Crippen molar-refractivity contribution in [2.75, 3.05) is 6.61 Å². The number of amides is 1. The van der Waals surface area contributed by atoms with Crippen molar-refractivity contribution in [3.63, 3.8) is 0 Å². The van der Waals surface area contributed by atoms with Crippen LogP contribution in [0.4, 0.5) is 0 Å². The van der Waals surface area contributed by atoms with Crippen LogP contribution in [0.1, 0.15) is 45.0 Å². The van der Waals surface area contributed by atoms with E-state index in [1.807, 2.05) is 56.3 Å². The first-order chi connectivity index (χ1) is 16.2. The van der Waals surface area contributed by atoms with Crippen molar-refractivity contribution in [1.29, 1.82) is 0 Å². The number of carbonyl (C=O) groups excluding carboxylic acids is 1. The molecule has 0 fully saturated rings. The van der Waals surface area contributed by atoms with Gasteiger partial charge in [0.05, 0.1) is 6.61 Å². The standard InChI is InChI=1S/C29H35NO3Si/c1-28(2,3)34(25-18-11-7-12-19-25,26-20-13-8-14-21-26)32-23-15-22-29(4,5)33-30-27(31)24-16-9-6-10-17-24/h6-22H,23H2,1-5H3,(H,30,31)/b22-15+. The predicted octanol–water partition coefficient (Wildman–Crippen LogP) is 5.26. The molecule has 0 saturated carbocycles. The van der Waals surface area contributed by atoms with Crippen LogP contribution >= 0.6 is 0 Å². The highest BCUT2D eigenvalue weighted by Crippen LogP contribution is 2.36. The Morgan fingerprint density at radius 2 is 1.26 bits per heavy atom. The number of hydrogen-bond donors (Lipinski definition) is 1. The third-order valence-corrected chi connectivity index (χ3v) is 10.8. The first kappa shape index (κ1) is 25.6. The van der Waals surface area contributed by atoms with Gasteiger partial charge in [0.25, 0.3) is 14.2 Å². The molecule has 0 atom stereocenters. The molecule has 3 rings (SSSR count). The van der Waals surface area contributed by atoms with Gasteiger partial charge in [-0.05, 0) is 41.4 Å². The van der Waals surface area contributed by atoms with E-state index in [0.29, 0.717) is 12.2 Å². The lowest BCUT2D eigenvalue weighted by atomic mass is 10.1. The Morgan fingerprint density at radius 3 is 1.74 bits per heavy atom. The first-order valence-electron chi connectivity index (χ1n) is 11.6. The molecule has 0 spiro atoms. The van der Waals surface area contributed by atoms with E-state index in [4.69, 9.17) is 9.26 Å². The number of hydroxylamine groups is 1. The van der Waals surface area contributed by atoms with Gasteiger partial charge in [-0.15, -0.1) is 0 Å². The summed E-state index contributed by atoms with van der Waals surface area (Å²) < 4.78 is 6.87. The quantitative estimate of drug-likeness (QED) is 0.262. The van der Waals surface area contributed by atoms with Crippen LogP contribution in [0, 0.1) is 0 Å². The molecule has 0 heterocycles. The monoisotopic (exact) mass is 473 g/mol. The van der Waals surface area contributed by atoms with Crippen molar-refractivity contribution < 1.29 is 14.1 Å². The maximum Gasteiger partial charge on any atom is 0.274 e. The average Bonchev–Trinajstić information content (AvgIpc) is 2.83. The number of benzene rings is 3. The maximum absolute atomic E-state index is 12.3. The summed E-state index contributed by atoms with van der Waals surface area (Å²) in [4.78, 5) is 18.0. The summed E-state index contributed by atoms with van der Waals surface area (Å²) in [6.07, 6.45) is 3.91. The molecule has 0 aliphatic carbocycles. The highest BCUT2D eigenvalue weighted by Gasteiger charge is 2.49. The molecule has 0 radical (unpaired) electrons. The zero-order chi connectivity index (χ0) is 24.7. The van der Waals surface area contributed by atoms with Gasteiger partial charge in [0.2, 0.25) is 0 Å². The fraction of sp³-hybridized carbons (Fsp3) is 0.276. The molecule has 3 aromatic carbocycles. The van der Waals surface area contributed by atoms with E-state index in [1.165, 1.54) is 10.4 Å². The lowest BCUT2D eigenvalue weighted by molar-refractivity contribution is -0.0419. The minimum atomic E-state index is -2.59. The van der Waals surface area contributed by atoms with E-state index >= 15 is 0 Å². The molecule has 34 heavy (non-hydrogen) atoms. The molecule has 5 heteroatoms. The van der Waals surface area contributed by atoms with E-state index in [9.17, 15) is 4.79 Å². The van der Waals surface area contributed by atoms with Crippen molar-refractivity contribution in [3.8, 4) is 0 Å². The summed E-state index contributed by atoms with van der Waals surface area (Å²) in [7, 11) is -2.59. The van der Waals surface area contributed by atoms with Crippen LogP contribution in [-0.2, 0) is 9.26 Å². The van der Waals surface area contributed by atoms with Crippen molar-refractivity contribution in [1.82, 2.24) is 5.48 Å². The van der Waals surface area contributed by atoms with E-state index in [-0.39, 0.29) is 10.9 Å². The molecule has 0 saturated heterocycles. The normalized spacial score (nSPS) is 12.6. The van der Waals surface area contributed by atoms with Gasteiger partial charge in [-0.25, -0.2) is 5.48 Å². The lowest BCUT2D eigenvalue weighted by Gasteiger charge is -2.42. The van der Waals surface area contributed by atoms with Crippen molar-refractivity contribution >= 4 is 24.6 Å². The molecule has 0 aromatic heterocycles. The molecule has 1 N–H and O–H groups in total. The highest BCUT2D eigenvalue weighted by molar-refractivity contribution is 6.99. The van der Waals surface area contributed by atoms with Crippen molar-refractivity contribution in [3.05, 3.63) is 109 Å². The second-order valence-corrected chi connectivity index (χ2v) is 14.2. The zero-order valence-corrected chi connectivity index (χ0v) is 21.7. The third kappa shape index (κ3) is 6.11. The van der Waals surface area contributed by atoms with E-state index in [0.717, 1.165) is 0 Å². The highest BCUT2D eigenvalue weighted by atomic mass is 28.4. The van der Waals surface area contributed by atoms with Crippen LogP contribution in [-0.4, -0.2) is 26.4 Å². The average molecular weight is 474 g/mol. The fourth-order valence-electron chi connectivity index (χ4n) is 4.13. The summed E-state index contributed by atoms with van der Waals surface area (Å²) in [5.74, 6) is -0.273. The lowest BCUT2D eigenvalue weighted by Crippen LogP contribution is -2.66. The SMILES string of the molecule is CC(C)(/C=C/CO[Si](c1ccccc1)(c1ccccc1)C(C)(C)C)ONC(=O)c1ccccc1. The third-order valence-electron chi connectivity index (χ3n) is 5.77. The summed E-state index contributed by atoms with van der Waals surface area (Å²) in [5, 5.41) is 2.40.